The maximum Gasteiger partial charge on any atom is 0.227 e. The maximum atomic E-state index is 13.0. The van der Waals surface area contributed by atoms with Crippen LogP contribution in [0.1, 0.15) is 41.8 Å². The number of aryl methyl sites for hydroxylation is 3. The lowest BCUT2D eigenvalue weighted by atomic mass is 10.1. The molecule has 1 fully saturated rings. The van der Waals surface area contributed by atoms with E-state index >= 15 is 0 Å². The van der Waals surface area contributed by atoms with Crippen molar-refractivity contribution in [3.63, 3.8) is 0 Å². The number of aromatic nitrogens is 2. The molecule has 1 saturated heterocycles. The third kappa shape index (κ3) is 4.86. The smallest absolute Gasteiger partial charge is 0.227 e. The second-order valence-corrected chi connectivity index (χ2v) is 9.73. The van der Waals surface area contributed by atoms with Crippen LogP contribution in [0.3, 0.4) is 0 Å². The van der Waals surface area contributed by atoms with E-state index in [4.69, 9.17) is 9.72 Å². The molecule has 4 aromatic rings. The second-order valence-electron chi connectivity index (χ2n) is 9.73. The highest BCUT2D eigenvalue weighted by atomic mass is 16.5. The number of amides is 1. The van der Waals surface area contributed by atoms with E-state index in [9.17, 15) is 9.90 Å². The van der Waals surface area contributed by atoms with Crippen molar-refractivity contribution in [2.75, 3.05) is 18.1 Å². The van der Waals surface area contributed by atoms with Crippen LogP contribution in [0.15, 0.2) is 66.7 Å². The molecule has 0 radical (unpaired) electrons. The van der Waals surface area contributed by atoms with Gasteiger partial charge in [-0.1, -0.05) is 43.3 Å². The summed E-state index contributed by atoms with van der Waals surface area (Å²) >= 11 is 0. The Morgan fingerprint density at radius 1 is 1.08 bits per heavy atom. The summed E-state index contributed by atoms with van der Waals surface area (Å²) in [5, 5.41) is 10.9. The highest BCUT2D eigenvalue weighted by Crippen LogP contribution is 2.33. The van der Waals surface area contributed by atoms with Crippen molar-refractivity contribution in [3.8, 4) is 5.75 Å². The molecule has 186 valence electrons. The number of anilines is 1. The van der Waals surface area contributed by atoms with Gasteiger partial charge >= 0.3 is 0 Å². The van der Waals surface area contributed by atoms with Crippen molar-refractivity contribution in [3.05, 3.63) is 89.2 Å². The highest BCUT2D eigenvalue weighted by molar-refractivity contribution is 5.96. The summed E-state index contributed by atoms with van der Waals surface area (Å²) in [6.07, 6.45) is 0.640. The number of imidazole rings is 1. The number of aliphatic hydroxyl groups excluding tert-OH is 1. The van der Waals surface area contributed by atoms with E-state index in [1.54, 1.807) is 0 Å². The molecule has 2 atom stereocenters. The fourth-order valence-electron chi connectivity index (χ4n) is 4.95. The van der Waals surface area contributed by atoms with Crippen LogP contribution in [0.25, 0.3) is 11.0 Å². The van der Waals surface area contributed by atoms with Gasteiger partial charge in [0, 0.05) is 24.6 Å². The van der Waals surface area contributed by atoms with Crippen molar-refractivity contribution in [2.45, 2.75) is 52.2 Å². The van der Waals surface area contributed by atoms with Crippen LogP contribution in [-0.2, 0) is 17.8 Å². The number of ether oxygens (including phenoxy) is 1. The van der Waals surface area contributed by atoms with Crippen LogP contribution >= 0.6 is 0 Å². The molecule has 5 rings (SSSR count). The lowest BCUT2D eigenvalue weighted by Gasteiger charge is -2.19. The van der Waals surface area contributed by atoms with Crippen LogP contribution in [0.4, 0.5) is 5.69 Å². The Bertz CT molecular complexity index is 1380. The number of carbonyl (C=O) groups is 1. The fourth-order valence-corrected chi connectivity index (χ4v) is 4.95. The molecule has 6 nitrogen and oxygen atoms in total. The van der Waals surface area contributed by atoms with Crippen molar-refractivity contribution in [1.29, 1.82) is 0 Å². The number of fused-ring (bicyclic) bond motifs is 1. The average molecular weight is 484 g/mol. The molecule has 0 bridgehead atoms. The Labute approximate surface area is 212 Å². The minimum Gasteiger partial charge on any atom is -0.491 e. The lowest BCUT2D eigenvalue weighted by Crippen LogP contribution is -2.26. The number of carbonyl (C=O) groups excluding carboxylic acids is 1. The molecule has 1 N–H and O–H groups in total. The molecule has 2 unspecified atom stereocenters. The predicted molar refractivity (Wildman–Crippen MR) is 143 cm³/mol. The maximum absolute atomic E-state index is 13.0. The van der Waals surface area contributed by atoms with Gasteiger partial charge in [0.15, 0.2) is 0 Å². The Morgan fingerprint density at radius 2 is 1.86 bits per heavy atom. The number of rotatable bonds is 8. The van der Waals surface area contributed by atoms with Gasteiger partial charge in [0.05, 0.1) is 17.6 Å². The van der Waals surface area contributed by atoms with Crippen molar-refractivity contribution in [1.82, 2.24) is 9.55 Å². The van der Waals surface area contributed by atoms with E-state index < -0.39 is 6.10 Å². The van der Waals surface area contributed by atoms with Crippen molar-refractivity contribution in [2.24, 2.45) is 0 Å². The first-order valence-electron chi connectivity index (χ1n) is 12.7. The molecule has 1 aromatic heterocycles. The van der Waals surface area contributed by atoms with E-state index in [1.165, 1.54) is 5.56 Å². The SMILES string of the molecule is CCc1ccc(N2CC(c3nc4ccccc4n3CC(O)COc3cc(C)ccc3C)CC2=O)cc1. The number of aliphatic hydroxyl groups is 1. The van der Waals surface area contributed by atoms with Crippen molar-refractivity contribution < 1.29 is 14.6 Å². The summed E-state index contributed by atoms with van der Waals surface area (Å²) in [5.41, 5.74) is 6.15. The molecule has 36 heavy (non-hydrogen) atoms. The van der Waals surface area contributed by atoms with Gasteiger partial charge in [-0.3, -0.25) is 4.79 Å². The largest absolute Gasteiger partial charge is 0.491 e. The fraction of sp³-hybridized carbons (Fsp3) is 0.333. The summed E-state index contributed by atoms with van der Waals surface area (Å²) < 4.78 is 8.03. The number of hydrogen-bond acceptors (Lipinski definition) is 4. The Morgan fingerprint density at radius 3 is 2.64 bits per heavy atom. The van der Waals surface area contributed by atoms with E-state index in [1.807, 2.05) is 73.3 Å². The standard InChI is InChI=1S/C30H33N3O3/c1-4-22-11-13-24(14-12-22)32-17-23(16-29(32)35)30-31-26-7-5-6-8-27(26)33(30)18-25(34)19-36-28-15-20(2)9-10-21(28)3/h5-15,23,25,34H,4,16-19H2,1-3H3. The first kappa shape index (κ1) is 24.1. The zero-order valence-corrected chi connectivity index (χ0v) is 21.1. The third-order valence-electron chi connectivity index (χ3n) is 7.00. The number of nitrogens with zero attached hydrogens (tertiary/aromatic N) is 3. The molecule has 6 heteroatoms. The highest BCUT2D eigenvalue weighted by Gasteiger charge is 2.35. The molecular formula is C30H33N3O3. The van der Waals surface area contributed by atoms with E-state index in [0.717, 1.165) is 45.8 Å². The molecule has 3 aromatic carbocycles. The average Bonchev–Trinajstić information content (AvgIpc) is 3.45. The van der Waals surface area contributed by atoms with Gasteiger partial charge in [-0.05, 0) is 67.3 Å². The monoisotopic (exact) mass is 483 g/mol. The molecule has 0 aliphatic carbocycles. The van der Waals surface area contributed by atoms with Crippen molar-refractivity contribution >= 4 is 22.6 Å². The zero-order chi connectivity index (χ0) is 25.2. The minimum atomic E-state index is -0.726. The van der Waals surface area contributed by atoms with Crippen LogP contribution in [0.5, 0.6) is 5.75 Å². The molecule has 1 amide bonds. The van der Waals surface area contributed by atoms with Crippen LogP contribution in [-0.4, -0.2) is 39.8 Å². The predicted octanol–water partition coefficient (Wildman–Crippen LogP) is 5.18. The number of benzene rings is 3. The topological polar surface area (TPSA) is 67.6 Å². The van der Waals surface area contributed by atoms with Crippen LogP contribution < -0.4 is 9.64 Å². The summed E-state index contributed by atoms with van der Waals surface area (Å²) in [6, 6.07) is 22.2. The molecule has 1 aliphatic heterocycles. The number of hydrogen-bond donors (Lipinski definition) is 1. The van der Waals surface area contributed by atoms with Crippen LogP contribution in [0.2, 0.25) is 0 Å². The molecule has 0 spiro atoms. The van der Waals surface area contributed by atoms with Gasteiger partial charge in [-0.15, -0.1) is 0 Å². The Kier molecular flexibility index (Phi) is 6.79. The Balaban J connectivity index is 1.37. The van der Waals surface area contributed by atoms with Gasteiger partial charge in [-0.25, -0.2) is 4.98 Å². The molecule has 2 heterocycles. The summed E-state index contributed by atoms with van der Waals surface area (Å²) in [7, 11) is 0. The van der Waals surface area contributed by atoms with Gasteiger partial charge < -0.3 is 19.3 Å². The molecular weight excluding hydrogens is 450 g/mol. The van der Waals surface area contributed by atoms with Crippen LogP contribution in [0, 0.1) is 13.8 Å². The minimum absolute atomic E-state index is 0.0529. The molecule has 0 saturated carbocycles. The second kappa shape index (κ2) is 10.2. The first-order chi connectivity index (χ1) is 17.4. The number of para-hydroxylation sites is 2. The van der Waals surface area contributed by atoms with Gasteiger partial charge in [0.2, 0.25) is 5.91 Å². The van der Waals surface area contributed by atoms with E-state index in [-0.39, 0.29) is 18.4 Å². The Hall–Kier alpha value is -3.64. The molecule has 1 aliphatic rings. The van der Waals surface area contributed by atoms with E-state index in [0.29, 0.717) is 19.5 Å². The van der Waals surface area contributed by atoms with Gasteiger partial charge in [0.25, 0.3) is 0 Å². The normalized spacial score (nSPS) is 16.6. The van der Waals surface area contributed by atoms with Gasteiger partial charge in [-0.2, -0.15) is 0 Å². The first-order valence-corrected chi connectivity index (χ1v) is 12.7. The summed E-state index contributed by atoms with van der Waals surface area (Å²) in [5.74, 6) is 1.67. The lowest BCUT2D eigenvalue weighted by molar-refractivity contribution is -0.117. The van der Waals surface area contributed by atoms with Gasteiger partial charge in [0.1, 0.15) is 24.3 Å². The third-order valence-corrected chi connectivity index (χ3v) is 7.00. The van der Waals surface area contributed by atoms with E-state index in [2.05, 4.69) is 23.6 Å². The zero-order valence-electron chi connectivity index (χ0n) is 21.1. The quantitative estimate of drug-likeness (QED) is 0.375. The summed E-state index contributed by atoms with van der Waals surface area (Å²) in [6.45, 7) is 7.24. The summed E-state index contributed by atoms with van der Waals surface area (Å²) in [4.78, 5) is 19.8.